The van der Waals surface area contributed by atoms with Crippen molar-refractivity contribution >= 4 is 11.6 Å². The highest BCUT2D eigenvalue weighted by molar-refractivity contribution is 6.30. The van der Waals surface area contributed by atoms with Crippen LogP contribution < -0.4 is 10.1 Å². The van der Waals surface area contributed by atoms with Gasteiger partial charge in [-0.1, -0.05) is 29.8 Å². The van der Waals surface area contributed by atoms with Crippen LogP contribution in [0.4, 0.5) is 4.39 Å². The molecule has 0 bridgehead atoms. The Bertz CT molecular complexity index is 571. The molecule has 2 nitrogen and oxygen atoms in total. The summed E-state index contributed by atoms with van der Waals surface area (Å²) in [4.78, 5) is 0. The minimum Gasteiger partial charge on any atom is -0.497 e. The zero-order valence-electron chi connectivity index (χ0n) is 11.5. The first-order valence-electron chi connectivity index (χ1n) is 6.41. The van der Waals surface area contributed by atoms with E-state index in [0.29, 0.717) is 6.54 Å². The summed E-state index contributed by atoms with van der Waals surface area (Å²) in [5.74, 6) is 0.448. The highest BCUT2D eigenvalue weighted by atomic mass is 35.5. The summed E-state index contributed by atoms with van der Waals surface area (Å²) in [6, 6.07) is 12.9. The summed E-state index contributed by atoms with van der Waals surface area (Å²) < 4.78 is 18.5. The molecular weight excluding hydrogens is 277 g/mol. The van der Waals surface area contributed by atoms with E-state index in [9.17, 15) is 4.39 Å². The highest BCUT2D eigenvalue weighted by Crippen LogP contribution is 2.19. The third-order valence-corrected chi connectivity index (χ3v) is 3.52. The van der Waals surface area contributed by atoms with E-state index in [0.717, 1.165) is 16.9 Å². The lowest BCUT2D eigenvalue weighted by Gasteiger charge is -2.15. The summed E-state index contributed by atoms with van der Waals surface area (Å²) in [7, 11) is 1.64. The van der Waals surface area contributed by atoms with Gasteiger partial charge in [-0.15, -0.1) is 0 Å². The molecule has 2 aromatic rings. The average Bonchev–Trinajstić information content (AvgIpc) is 2.48. The molecule has 0 aliphatic carbocycles. The number of benzene rings is 2. The van der Waals surface area contributed by atoms with E-state index in [2.05, 4.69) is 12.2 Å². The maximum absolute atomic E-state index is 13.3. The molecule has 4 heteroatoms. The number of hydrogen-bond acceptors (Lipinski definition) is 2. The number of ether oxygens (including phenoxy) is 1. The third kappa shape index (κ3) is 3.71. The van der Waals surface area contributed by atoms with E-state index in [4.69, 9.17) is 16.3 Å². The molecule has 0 aromatic heterocycles. The van der Waals surface area contributed by atoms with Crippen LogP contribution in [0.15, 0.2) is 42.5 Å². The van der Waals surface area contributed by atoms with E-state index in [1.165, 1.54) is 6.07 Å². The van der Waals surface area contributed by atoms with Crippen LogP contribution in [0.5, 0.6) is 5.75 Å². The van der Waals surface area contributed by atoms with Crippen molar-refractivity contribution in [1.29, 1.82) is 0 Å². The molecule has 0 radical (unpaired) electrons. The minimum atomic E-state index is -0.386. The monoisotopic (exact) mass is 293 g/mol. The molecule has 0 aliphatic heterocycles. The Morgan fingerprint density at radius 1 is 1.20 bits per heavy atom. The van der Waals surface area contributed by atoms with Crippen molar-refractivity contribution in [1.82, 2.24) is 5.32 Å². The van der Waals surface area contributed by atoms with Crippen LogP contribution in [-0.2, 0) is 6.54 Å². The predicted molar refractivity (Wildman–Crippen MR) is 79.7 cm³/mol. The molecule has 1 atom stereocenters. The van der Waals surface area contributed by atoms with Crippen molar-refractivity contribution in [2.24, 2.45) is 0 Å². The van der Waals surface area contributed by atoms with Gasteiger partial charge in [-0.3, -0.25) is 0 Å². The van der Waals surface area contributed by atoms with Crippen LogP contribution in [0.25, 0.3) is 0 Å². The summed E-state index contributed by atoms with van der Waals surface area (Å²) in [6.07, 6.45) is 0. The summed E-state index contributed by atoms with van der Waals surface area (Å²) in [5, 5.41) is 3.50. The lowest BCUT2D eigenvalue weighted by Crippen LogP contribution is -2.18. The number of rotatable bonds is 5. The van der Waals surface area contributed by atoms with Crippen molar-refractivity contribution < 1.29 is 9.13 Å². The molecular formula is C16H17ClFNO. The van der Waals surface area contributed by atoms with Crippen LogP contribution in [0.2, 0.25) is 5.02 Å². The Kier molecular flexibility index (Phi) is 4.99. The average molecular weight is 294 g/mol. The number of methoxy groups -OCH3 is 1. The van der Waals surface area contributed by atoms with Crippen molar-refractivity contribution in [3.05, 3.63) is 64.4 Å². The topological polar surface area (TPSA) is 21.3 Å². The molecule has 0 fully saturated rings. The SMILES string of the molecule is COc1ccc(C(C)NCc2ccc(Cl)c(F)c2)cc1. The molecule has 0 spiro atoms. The molecule has 2 aromatic carbocycles. The number of nitrogens with one attached hydrogen (secondary N) is 1. The quantitative estimate of drug-likeness (QED) is 0.885. The predicted octanol–water partition coefficient (Wildman–Crippen LogP) is 4.34. The third-order valence-electron chi connectivity index (χ3n) is 3.21. The Balaban J connectivity index is 1.96. The van der Waals surface area contributed by atoms with Crippen molar-refractivity contribution in [2.45, 2.75) is 19.5 Å². The van der Waals surface area contributed by atoms with E-state index >= 15 is 0 Å². The Morgan fingerprint density at radius 2 is 1.90 bits per heavy atom. The normalized spacial score (nSPS) is 12.2. The lowest BCUT2D eigenvalue weighted by atomic mass is 10.1. The largest absolute Gasteiger partial charge is 0.497 e. The van der Waals surface area contributed by atoms with Gasteiger partial charge < -0.3 is 10.1 Å². The molecule has 0 heterocycles. The van der Waals surface area contributed by atoms with E-state index in [-0.39, 0.29) is 16.9 Å². The highest BCUT2D eigenvalue weighted by Gasteiger charge is 2.06. The first kappa shape index (κ1) is 14.8. The molecule has 2 rings (SSSR count). The van der Waals surface area contributed by atoms with E-state index < -0.39 is 0 Å². The smallest absolute Gasteiger partial charge is 0.142 e. The standard InChI is InChI=1S/C16H17ClFNO/c1-11(13-4-6-14(20-2)7-5-13)19-10-12-3-8-15(17)16(18)9-12/h3-9,11,19H,10H2,1-2H3. The van der Waals surface area contributed by atoms with Gasteiger partial charge in [0.05, 0.1) is 12.1 Å². The van der Waals surface area contributed by atoms with Crippen molar-refractivity contribution in [3.63, 3.8) is 0 Å². The molecule has 0 amide bonds. The molecule has 1 N–H and O–H groups in total. The van der Waals surface area contributed by atoms with Gasteiger partial charge in [-0.05, 0) is 42.3 Å². The maximum atomic E-state index is 13.3. The van der Waals surface area contributed by atoms with Crippen LogP contribution >= 0.6 is 11.6 Å². The first-order valence-corrected chi connectivity index (χ1v) is 6.79. The van der Waals surface area contributed by atoms with Crippen LogP contribution in [0.3, 0.4) is 0 Å². The Labute approximate surface area is 123 Å². The number of halogens is 2. The molecule has 0 saturated heterocycles. The zero-order valence-corrected chi connectivity index (χ0v) is 12.2. The molecule has 0 saturated carbocycles. The summed E-state index contributed by atoms with van der Waals surface area (Å²) >= 11 is 5.66. The van der Waals surface area contributed by atoms with Crippen LogP contribution in [-0.4, -0.2) is 7.11 Å². The molecule has 1 unspecified atom stereocenters. The molecule has 106 valence electrons. The number of hydrogen-bond donors (Lipinski definition) is 1. The van der Waals surface area contributed by atoms with Crippen molar-refractivity contribution in [3.8, 4) is 5.75 Å². The summed E-state index contributed by atoms with van der Waals surface area (Å²) in [5.41, 5.74) is 2.02. The minimum absolute atomic E-state index is 0.150. The van der Waals surface area contributed by atoms with Gasteiger partial charge >= 0.3 is 0 Å². The van der Waals surface area contributed by atoms with Gasteiger partial charge in [0, 0.05) is 12.6 Å². The fraction of sp³-hybridized carbons (Fsp3) is 0.250. The van der Waals surface area contributed by atoms with Gasteiger partial charge in [0.2, 0.25) is 0 Å². The van der Waals surface area contributed by atoms with E-state index in [1.54, 1.807) is 13.2 Å². The Hall–Kier alpha value is -1.58. The fourth-order valence-corrected chi connectivity index (χ4v) is 2.05. The van der Waals surface area contributed by atoms with Crippen LogP contribution in [0.1, 0.15) is 24.1 Å². The maximum Gasteiger partial charge on any atom is 0.142 e. The van der Waals surface area contributed by atoms with Crippen LogP contribution in [0, 0.1) is 5.82 Å². The van der Waals surface area contributed by atoms with Gasteiger partial charge in [0.25, 0.3) is 0 Å². The second kappa shape index (κ2) is 6.73. The lowest BCUT2D eigenvalue weighted by molar-refractivity contribution is 0.414. The second-order valence-electron chi connectivity index (χ2n) is 4.62. The Morgan fingerprint density at radius 3 is 2.50 bits per heavy atom. The first-order chi connectivity index (χ1) is 9.60. The van der Waals surface area contributed by atoms with Crippen molar-refractivity contribution in [2.75, 3.05) is 7.11 Å². The molecule has 20 heavy (non-hydrogen) atoms. The second-order valence-corrected chi connectivity index (χ2v) is 5.03. The van der Waals surface area contributed by atoms with Gasteiger partial charge in [-0.2, -0.15) is 0 Å². The fourth-order valence-electron chi connectivity index (χ4n) is 1.93. The zero-order chi connectivity index (χ0) is 14.5. The van der Waals surface area contributed by atoms with Gasteiger partial charge in [0.1, 0.15) is 11.6 Å². The molecule has 0 aliphatic rings. The van der Waals surface area contributed by atoms with E-state index in [1.807, 2.05) is 30.3 Å². The van der Waals surface area contributed by atoms with Gasteiger partial charge in [0.15, 0.2) is 0 Å². The summed E-state index contributed by atoms with van der Waals surface area (Å²) in [6.45, 7) is 2.65. The van der Waals surface area contributed by atoms with Gasteiger partial charge in [-0.25, -0.2) is 4.39 Å².